The molecule has 0 saturated carbocycles. The predicted octanol–water partition coefficient (Wildman–Crippen LogP) is 2.63. The van der Waals surface area contributed by atoms with Crippen molar-refractivity contribution in [2.45, 2.75) is 32.2 Å². The summed E-state index contributed by atoms with van der Waals surface area (Å²) >= 11 is 0. The van der Waals surface area contributed by atoms with Crippen molar-refractivity contribution in [2.75, 3.05) is 13.7 Å². The normalized spacial score (nSPS) is 14.5. The standard InChI is InChI=1S/C14H19NO2/c1-3-8-15(14(16)17-2)13-9-11-6-4-5-7-12(11)10-13/h4-7,13H,3,8-10H2,1-2H3. The van der Waals surface area contributed by atoms with Crippen LogP contribution < -0.4 is 0 Å². The Bertz CT molecular complexity index is 378. The summed E-state index contributed by atoms with van der Waals surface area (Å²) in [5, 5.41) is 0. The van der Waals surface area contributed by atoms with Crippen LogP contribution in [0.4, 0.5) is 4.79 Å². The zero-order chi connectivity index (χ0) is 12.3. The molecule has 3 nitrogen and oxygen atoms in total. The third-order valence-electron chi connectivity index (χ3n) is 3.34. The molecule has 0 spiro atoms. The number of hydrogen-bond acceptors (Lipinski definition) is 2. The molecule has 0 N–H and O–H groups in total. The van der Waals surface area contributed by atoms with E-state index in [1.54, 1.807) is 0 Å². The molecular weight excluding hydrogens is 214 g/mol. The molecule has 0 saturated heterocycles. The predicted molar refractivity (Wildman–Crippen MR) is 67.0 cm³/mol. The van der Waals surface area contributed by atoms with E-state index in [1.807, 2.05) is 4.90 Å². The number of rotatable bonds is 3. The highest BCUT2D eigenvalue weighted by atomic mass is 16.5. The van der Waals surface area contributed by atoms with Crippen molar-refractivity contribution < 1.29 is 9.53 Å². The van der Waals surface area contributed by atoms with Crippen LogP contribution in [0.5, 0.6) is 0 Å². The van der Waals surface area contributed by atoms with Crippen LogP contribution >= 0.6 is 0 Å². The first-order valence-corrected chi connectivity index (χ1v) is 6.17. The third-order valence-corrected chi connectivity index (χ3v) is 3.34. The Kier molecular flexibility index (Phi) is 3.67. The zero-order valence-corrected chi connectivity index (χ0v) is 10.5. The lowest BCUT2D eigenvalue weighted by Crippen LogP contribution is -2.41. The summed E-state index contributed by atoms with van der Waals surface area (Å²) < 4.78 is 4.86. The molecule has 0 bridgehead atoms. The topological polar surface area (TPSA) is 29.5 Å². The fourth-order valence-corrected chi connectivity index (χ4v) is 2.54. The number of fused-ring (bicyclic) bond motifs is 1. The molecule has 1 aliphatic carbocycles. The fourth-order valence-electron chi connectivity index (χ4n) is 2.54. The molecule has 1 aliphatic rings. The van der Waals surface area contributed by atoms with E-state index < -0.39 is 0 Å². The van der Waals surface area contributed by atoms with Crippen molar-refractivity contribution in [3.63, 3.8) is 0 Å². The van der Waals surface area contributed by atoms with Crippen LogP contribution in [-0.2, 0) is 17.6 Å². The maximum atomic E-state index is 11.7. The van der Waals surface area contributed by atoms with E-state index in [0.29, 0.717) is 0 Å². The molecular formula is C14H19NO2. The van der Waals surface area contributed by atoms with Gasteiger partial charge in [0.2, 0.25) is 0 Å². The van der Waals surface area contributed by atoms with Gasteiger partial charge in [0, 0.05) is 12.6 Å². The first-order chi connectivity index (χ1) is 8.26. The van der Waals surface area contributed by atoms with Crippen molar-refractivity contribution in [1.29, 1.82) is 0 Å². The average Bonchev–Trinajstić information content (AvgIpc) is 2.78. The molecule has 0 aromatic heterocycles. The maximum Gasteiger partial charge on any atom is 0.409 e. The van der Waals surface area contributed by atoms with Crippen LogP contribution in [0.3, 0.4) is 0 Å². The highest BCUT2D eigenvalue weighted by Crippen LogP contribution is 2.25. The van der Waals surface area contributed by atoms with Gasteiger partial charge < -0.3 is 9.64 Å². The molecule has 0 aliphatic heterocycles. The Hall–Kier alpha value is -1.51. The maximum absolute atomic E-state index is 11.7. The molecule has 0 heterocycles. The molecule has 1 amide bonds. The molecule has 1 aromatic carbocycles. The van der Waals surface area contributed by atoms with E-state index in [-0.39, 0.29) is 12.1 Å². The lowest BCUT2D eigenvalue weighted by Gasteiger charge is -2.27. The average molecular weight is 233 g/mol. The minimum Gasteiger partial charge on any atom is -0.453 e. The number of ether oxygens (including phenoxy) is 1. The van der Waals surface area contributed by atoms with Gasteiger partial charge in [-0.05, 0) is 30.4 Å². The largest absolute Gasteiger partial charge is 0.453 e. The minimum absolute atomic E-state index is 0.204. The van der Waals surface area contributed by atoms with Gasteiger partial charge in [0.05, 0.1) is 7.11 Å². The highest BCUT2D eigenvalue weighted by molar-refractivity contribution is 5.68. The summed E-state index contributed by atoms with van der Waals surface area (Å²) in [6, 6.07) is 8.68. The van der Waals surface area contributed by atoms with Crippen molar-refractivity contribution in [2.24, 2.45) is 0 Å². The van der Waals surface area contributed by atoms with Crippen molar-refractivity contribution in [3.05, 3.63) is 35.4 Å². The molecule has 92 valence electrons. The summed E-state index contributed by atoms with van der Waals surface area (Å²) in [6.07, 6.45) is 2.66. The molecule has 0 fully saturated rings. The Morgan fingerprint density at radius 1 is 1.35 bits per heavy atom. The van der Waals surface area contributed by atoms with Crippen LogP contribution in [0.2, 0.25) is 0 Å². The van der Waals surface area contributed by atoms with Crippen LogP contribution in [0, 0.1) is 0 Å². The molecule has 17 heavy (non-hydrogen) atoms. The number of hydrogen-bond donors (Lipinski definition) is 0. The second-order valence-electron chi connectivity index (χ2n) is 4.49. The van der Waals surface area contributed by atoms with E-state index >= 15 is 0 Å². The quantitative estimate of drug-likeness (QED) is 0.803. The number of carbonyl (C=O) groups is 1. The van der Waals surface area contributed by atoms with E-state index in [0.717, 1.165) is 25.8 Å². The second kappa shape index (κ2) is 5.21. The summed E-state index contributed by atoms with van der Waals surface area (Å²) in [4.78, 5) is 13.6. The van der Waals surface area contributed by atoms with Crippen LogP contribution in [0.1, 0.15) is 24.5 Å². The third kappa shape index (κ3) is 2.43. The van der Waals surface area contributed by atoms with E-state index in [2.05, 4.69) is 31.2 Å². The molecule has 0 atom stereocenters. The number of benzene rings is 1. The lowest BCUT2D eigenvalue weighted by atomic mass is 10.1. The van der Waals surface area contributed by atoms with E-state index in [1.165, 1.54) is 18.2 Å². The minimum atomic E-state index is -0.204. The van der Waals surface area contributed by atoms with Crippen LogP contribution in [0.15, 0.2) is 24.3 Å². The fraction of sp³-hybridized carbons (Fsp3) is 0.500. The van der Waals surface area contributed by atoms with Crippen molar-refractivity contribution >= 4 is 6.09 Å². The Morgan fingerprint density at radius 2 is 1.94 bits per heavy atom. The molecule has 1 aromatic rings. The zero-order valence-electron chi connectivity index (χ0n) is 10.5. The second-order valence-corrected chi connectivity index (χ2v) is 4.49. The summed E-state index contributed by atoms with van der Waals surface area (Å²) in [5.41, 5.74) is 2.73. The van der Waals surface area contributed by atoms with Gasteiger partial charge in [-0.25, -0.2) is 4.79 Å². The number of amides is 1. The summed E-state index contributed by atoms with van der Waals surface area (Å²) in [7, 11) is 1.45. The molecule has 0 radical (unpaired) electrons. The van der Waals surface area contributed by atoms with Gasteiger partial charge in [0.15, 0.2) is 0 Å². The summed E-state index contributed by atoms with van der Waals surface area (Å²) in [6.45, 7) is 2.85. The number of carbonyl (C=O) groups excluding carboxylic acids is 1. The number of methoxy groups -OCH3 is 1. The van der Waals surface area contributed by atoms with Crippen molar-refractivity contribution in [1.82, 2.24) is 4.90 Å². The molecule has 3 heteroatoms. The van der Waals surface area contributed by atoms with Gasteiger partial charge in [-0.1, -0.05) is 31.2 Å². The first-order valence-electron chi connectivity index (χ1n) is 6.17. The van der Waals surface area contributed by atoms with Crippen LogP contribution in [0.25, 0.3) is 0 Å². The monoisotopic (exact) mass is 233 g/mol. The van der Waals surface area contributed by atoms with E-state index in [9.17, 15) is 4.79 Å². The van der Waals surface area contributed by atoms with Gasteiger partial charge in [-0.3, -0.25) is 0 Å². The number of nitrogens with zero attached hydrogens (tertiary/aromatic N) is 1. The van der Waals surface area contributed by atoms with Gasteiger partial charge in [0.25, 0.3) is 0 Å². The Balaban J connectivity index is 2.11. The lowest BCUT2D eigenvalue weighted by molar-refractivity contribution is 0.106. The Labute approximate surface area is 102 Å². The molecule has 2 rings (SSSR count). The SMILES string of the molecule is CCCN(C(=O)OC)C1Cc2ccccc2C1. The van der Waals surface area contributed by atoms with Gasteiger partial charge >= 0.3 is 6.09 Å². The smallest absolute Gasteiger partial charge is 0.409 e. The van der Waals surface area contributed by atoms with Crippen LogP contribution in [-0.4, -0.2) is 30.7 Å². The molecule has 0 unspecified atom stereocenters. The summed E-state index contributed by atoms with van der Waals surface area (Å²) in [5.74, 6) is 0. The van der Waals surface area contributed by atoms with Gasteiger partial charge in [-0.2, -0.15) is 0 Å². The van der Waals surface area contributed by atoms with Crippen molar-refractivity contribution in [3.8, 4) is 0 Å². The van der Waals surface area contributed by atoms with Gasteiger partial charge in [-0.15, -0.1) is 0 Å². The highest BCUT2D eigenvalue weighted by Gasteiger charge is 2.29. The first kappa shape index (κ1) is 12.0. The van der Waals surface area contributed by atoms with Gasteiger partial charge in [0.1, 0.15) is 0 Å². The van der Waals surface area contributed by atoms with E-state index in [4.69, 9.17) is 4.74 Å². The Morgan fingerprint density at radius 3 is 2.41 bits per heavy atom.